The Morgan fingerprint density at radius 3 is 2.42 bits per heavy atom. The highest BCUT2D eigenvalue weighted by molar-refractivity contribution is 5.89. The van der Waals surface area contributed by atoms with Crippen LogP contribution in [0.3, 0.4) is 0 Å². The molecule has 0 saturated heterocycles. The topological polar surface area (TPSA) is 71.3 Å². The zero-order valence-corrected chi connectivity index (χ0v) is 10.1. The Labute approximate surface area is 107 Å². The van der Waals surface area contributed by atoms with Crippen molar-refractivity contribution in [1.29, 1.82) is 0 Å². The van der Waals surface area contributed by atoms with Crippen molar-refractivity contribution in [1.82, 2.24) is 9.88 Å². The number of carbonyl (C=O) groups excluding carboxylic acids is 1. The normalized spacial score (nSPS) is 11.4. The number of hydrogen-bond acceptors (Lipinski definition) is 2. The van der Waals surface area contributed by atoms with Gasteiger partial charge >= 0.3 is 12.1 Å². The van der Waals surface area contributed by atoms with Crippen molar-refractivity contribution in [3.05, 3.63) is 23.5 Å². The van der Waals surface area contributed by atoms with Gasteiger partial charge in [0.05, 0.1) is 11.1 Å². The summed E-state index contributed by atoms with van der Waals surface area (Å²) >= 11 is 0. The molecular weight excluding hydrogens is 265 g/mol. The van der Waals surface area contributed by atoms with E-state index in [9.17, 15) is 22.8 Å². The lowest BCUT2D eigenvalue weighted by Crippen LogP contribution is -2.23. The molecular formula is C11H13F3N2O3. The molecule has 0 saturated carbocycles. The molecule has 0 aliphatic rings. The van der Waals surface area contributed by atoms with Gasteiger partial charge in [-0.15, -0.1) is 0 Å². The molecule has 1 aromatic heterocycles. The third-order valence-corrected chi connectivity index (χ3v) is 2.39. The minimum Gasteiger partial charge on any atom is -0.478 e. The minimum atomic E-state index is -4.73. The zero-order valence-electron chi connectivity index (χ0n) is 10.1. The van der Waals surface area contributed by atoms with Crippen LogP contribution in [0.1, 0.15) is 29.3 Å². The third kappa shape index (κ3) is 4.01. The van der Waals surface area contributed by atoms with Crippen molar-refractivity contribution in [3.8, 4) is 0 Å². The zero-order chi connectivity index (χ0) is 14.6. The van der Waals surface area contributed by atoms with E-state index in [-0.39, 0.29) is 18.9 Å². The number of rotatable bonds is 5. The van der Waals surface area contributed by atoms with Crippen molar-refractivity contribution in [2.24, 2.45) is 0 Å². The van der Waals surface area contributed by atoms with E-state index in [1.54, 1.807) is 6.92 Å². The van der Waals surface area contributed by atoms with Gasteiger partial charge in [-0.2, -0.15) is 13.2 Å². The molecule has 0 aromatic carbocycles. The second-order valence-electron chi connectivity index (χ2n) is 3.83. The Morgan fingerprint density at radius 2 is 2.00 bits per heavy atom. The fourth-order valence-electron chi connectivity index (χ4n) is 1.55. The van der Waals surface area contributed by atoms with Gasteiger partial charge in [-0.1, -0.05) is 0 Å². The van der Waals surface area contributed by atoms with Gasteiger partial charge in [-0.05, 0) is 6.92 Å². The summed E-state index contributed by atoms with van der Waals surface area (Å²) in [5, 5.41) is 11.2. The molecule has 106 valence electrons. The van der Waals surface area contributed by atoms with Crippen molar-refractivity contribution in [3.63, 3.8) is 0 Å². The van der Waals surface area contributed by atoms with E-state index in [2.05, 4.69) is 5.32 Å². The van der Waals surface area contributed by atoms with Crippen LogP contribution < -0.4 is 5.32 Å². The Bertz CT molecular complexity index is 480. The van der Waals surface area contributed by atoms with Gasteiger partial charge in [-0.25, -0.2) is 4.79 Å². The van der Waals surface area contributed by atoms with Crippen LogP contribution in [0.4, 0.5) is 13.2 Å². The number of aryl methyl sites for hydroxylation is 1. The Morgan fingerprint density at radius 1 is 1.37 bits per heavy atom. The molecule has 1 rings (SSSR count). The van der Waals surface area contributed by atoms with Gasteiger partial charge in [0, 0.05) is 31.9 Å². The Hall–Kier alpha value is -1.99. The largest absolute Gasteiger partial charge is 0.478 e. The number of nitrogens with one attached hydrogen (secondary N) is 1. The lowest BCUT2D eigenvalue weighted by molar-refractivity contribution is -0.138. The summed E-state index contributed by atoms with van der Waals surface area (Å²) in [6, 6.07) is 0. The highest BCUT2D eigenvalue weighted by Crippen LogP contribution is 2.32. The summed E-state index contributed by atoms with van der Waals surface area (Å²) in [4.78, 5) is 21.9. The van der Waals surface area contributed by atoms with Crippen LogP contribution in [0.5, 0.6) is 0 Å². The summed E-state index contributed by atoms with van der Waals surface area (Å²) in [6.45, 7) is 2.14. The molecule has 0 atom stereocenters. The molecule has 19 heavy (non-hydrogen) atoms. The van der Waals surface area contributed by atoms with Crippen LogP contribution in [0, 0.1) is 0 Å². The van der Waals surface area contributed by atoms with Gasteiger partial charge in [0.1, 0.15) is 0 Å². The summed E-state index contributed by atoms with van der Waals surface area (Å²) in [7, 11) is 0. The summed E-state index contributed by atoms with van der Waals surface area (Å²) in [5.74, 6) is -1.95. The van der Waals surface area contributed by atoms with Crippen molar-refractivity contribution in [2.45, 2.75) is 26.1 Å². The molecule has 0 unspecified atom stereocenters. The monoisotopic (exact) mass is 278 g/mol. The lowest BCUT2D eigenvalue weighted by atomic mass is 10.2. The maximum absolute atomic E-state index is 12.6. The van der Waals surface area contributed by atoms with Gasteiger partial charge in [0.25, 0.3) is 0 Å². The third-order valence-electron chi connectivity index (χ3n) is 2.39. The van der Waals surface area contributed by atoms with Crippen molar-refractivity contribution < 1.29 is 27.9 Å². The van der Waals surface area contributed by atoms with E-state index in [0.717, 1.165) is 10.8 Å². The molecule has 0 aliphatic heterocycles. The fourth-order valence-corrected chi connectivity index (χ4v) is 1.55. The molecule has 1 aromatic rings. The van der Waals surface area contributed by atoms with Gasteiger partial charge in [0.15, 0.2) is 0 Å². The second kappa shape index (κ2) is 5.77. The van der Waals surface area contributed by atoms with Gasteiger partial charge in [-0.3, -0.25) is 4.79 Å². The predicted octanol–water partition coefficient (Wildman–Crippen LogP) is 1.73. The molecule has 8 heteroatoms. The van der Waals surface area contributed by atoms with E-state index in [0.29, 0.717) is 12.7 Å². The average molecular weight is 278 g/mol. The minimum absolute atomic E-state index is 0.0117. The van der Waals surface area contributed by atoms with E-state index in [1.165, 1.54) is 0 Å². The number of aromatic nitrogens is 1. The number of hydrogen-bond donors (Lipinski definition) is 2. The highest BCUT2D eigenvalue weighted by Gasteiger charge is 2.36. The predicted molar refractivity (Wildman–Crippen MR) is 59.7 cm³/mol. The fraction of sp³-hybridized carbons (Fsp3) is 0.455. The van der Waals surface area contributed by atoms with Crippen LogP contribution in [-0.4, -0.2) is 28.1 Å². The average Bonchev–Trinajstić information content (AvgIpc) is 2.70. The summed E-state index contributed by atoms with van der Waals surface area (Å²) < 4.78 is 38.8. The lowest BCUT2D eigenvalue weighted by Gasteiger charge is -2.05. The molecule has 0 fully saturated rings. The SMILES string of the molecule is CCNC(=O)CCn1cc(C(=O)O)c(C(F)(F)F)c1. The highest BCUT2D eigenvalue weighted by atomic mass is 19.4. The first kappa shape index (κ1) is 15.1. The first-order valence-electron chi connectivity index (χ1n) is 5.52. The molecule has 0 aliphatic carbocycles. The van der Waals surface area contributed by atoms with Crippen LogP contribution >= 0.6 is 0 Å². The number of nitrogens with zero attached hydrogens (tertiary/aromatic N) is 1. The molecule has 0 radical (unpaired) electrons. The molecule has 1 heterocycles. The molecule has 2 N–H and O–H groups in total. The first-order valence-corrected chi connectivity index (χ1v) is 5.52. The number of carboxylic acid groups (broad SMARTS) is 1. The van der Waals surface area contributed by atoms with Gasteiger partial charge < -0.3 is 15.0 Å². The smallest absolute Gasteiger partial charge is 0.418 e. The number of halogens is 3. The number of amides is 1. The van der Waals surface area contributed by atoms with E-state index < -0.39 is 23.3 Å². The Kier molecular flexibility index (Phi) is 4.57. The van der Waals surface area contributed by atoms with Crippen LogP contribution in [-0.2, 0) is 17.5 Å². The number of carbonyl (C=O) groups is 2. The quantitative estimate of drug-likeness (QED) is 0.861. The first-order chi connectivity index (χ1) is 8.75. The van der Waals surface area contributed by atoms with Crippen LogP contribution in [0.15, 0.2) is 12.4 Å². The maximum atomic E-state index is 12.6. The molecule has 0 bridgehead atoms. The maximum Gasteiger partial charge on any atom is 0.418 e. The standard InChI is InChI=1S/C11H13F3N2O3/c1-2-15-9(17)3-4-16-5-7(10(18)19)8(6-16)11(12,13)14/h5-6H,2-4H2,1H3,(H,15,17)(H,18,19). The molecule has 5 nitrogen and oxygen atoms in total. The van der Waals surface area contributed by atoms with Crippen molar-refractivity contribution >= 4 is 11.9 Å². The summed E-state index contributed by atoms with van der Waals surface area (Å²) in [6.07, 6.45) is -3.17. The number of alkyl halides is 3. The number of aromatic carboxylic acids is 1. The van der Waals surface area contributed by atoms with Crippen LogP contribution in [0.25, 0.3) is 0 Å². The van der Waals surface area contributed by atoms with E-state index in [1.807, 2.05) is 0 Å². The Balaban J connectivity index is 2.87. The number of carboxylic acids is 1. The van der Waals surface area contributed by atoms with Crippen molar-refractivity contribution in [2.75, 3.05) is 6.54 Å². The molecule has 0 spiro atoms. The van der Waals surface area contributed by atoms with E-state index in [4.69, 9.17) is 5.11 Å². The summed E-state index contributed by atoms with van der Waals surface area (Å²) in [5.41, 5.74) is -2.03. The van der Waals surface area contributed by atoms with E-state index >= 15 is 0 Å². The second-order valence-corrected chi connectivity index (χ2v) is 3.83. The van der Waals surface area contributed by atoms with Gasteiger partial charge in [0.2, 0.25) is 5.91 Å². The van der Waals surface area contributed by atoms with Crippen LogP contribution in [0.2, 0.25) is 0 Å². The molecule has 1 amide bonds.